The van der Waals surface area contributed by atoms with Gasteiger partial charge in [-0.15, -0.1) is 0 Å². The number of rotatable bonds is 7. The smallest absolute Gasteiger partial charge is 0.213 e. The lowest BCUT2D eigenvalue weighted by molar-refractivity contribution is 0.561. The second-order valence-corrected chi connectivity index (χ2v) is 6.91. The van der Waals surface area contributed by atoms with Gasteiger partial charge < -0.3 is 5.32 Å². The van der Waals surface area contributed by atoms with Crippen molar-refractivity contribution in [3.63, 3.8) is 0 Å². The molecule has 1 aliphatic rings. The Hall–Kier alpha value is -0.910. The summed E-state index contributed by atoms with van der Waals surface area (Å²) >= 11 is 0. The van der Waals surface area contributed by atoms with Crippen molar-refractivity contribution < 1.29 is 8.42 Å². The van der Waals surface area contributed by atoms with Gasteiger partial charge >= 0.3 is 0 Å². The maximum Gasteiger partial charge on any atom is 0.213 e. The van der Waals surface area contributed by atoms with E-state index in [9.17, 15) is 8.42 Å². The second-order valence-electron chi connectivity index (χ2n) is 5.06. The minimum absolute atomic E-state index is 0.131. The van der Waals surface area contributed by atoms with Crippen LogP contribution >= 0.6 is 0 Å². The summed E-state index contributed by atoms with van der Waals surface area (Å²) < 4.78 is 26.4. The van der Waals surface area contributed by atoms with Crippen molar-refractivity contribution in [1.29, 1.82) is 0 Å². The highest BCUT2D eigenvalue weighted by Gasteiger charge is 2.21. The standard InChI is InChI=1S/C14H22N2O2S/c17-19(18,12-14-9-5-10-15-14)16-11-4-8-13-6-2-1-3-7-13/h1-3,6-7,14-16H,4-5,8-12H2. The Morgan fingerprint density at radius 3 is 2.74 bits per heavy atom. The van der Waals surface area contributed by atoms with Crippen LogP contribution in [0.5, 0.6) is 0 Å². The van der Waals surface area contributed by atoms with Crippen molar-refractivity contribution in [3.8, 4) is 0 Å². The zero-order chi connectivity index (χ0) is 13.6. The Morgan fingerprint density at radius 1 is 1.26 bits per heavy atom. The molecule has 19 heavy (non-hydrogen) atoms. The molecule has 1 aromatic rings. The highest BCUT2D eigenvalue weighted by atomic mass is 32.2. The van der Waals surface area contributed by atoms with Crippen molar-refractivity contribution in [1.82, 2.24) is 10.0 Å². The highest BCUT2D eigenvalue weighted by Crippen LogP contribution is 2.07. The van der Waals surface area contributed by atoms with E-state index in [0.29, 0.717) is 6.54 Å². The monoisotopic (exact) mass is 282 g/mol. The fraction of sp³-hybridized carbons (Fsp3) is 0.571. The SMILES string of the molecule is O=S(=O)(CC1CCCN1)NCCCc1ccccc1. The first kappa shape index (κ1) is 14.5. The van der Waals surface area contributed by atoms with Crippen molar-refractivity contribution in [2.45, 2.75) is 31.7 Å². The van der Waals surface area contributed by atoms with Crippen LogP contribution in [0.15, 0.2) is 30.3 Å². The first-order chi connectivity index (χ1) is 9.16. The van der Waals surface area contributed by atoms with E-state index < -0.39 is 10.0 Å². The van der Waals surface area contributed by atoms with Crippen LogP contribution in [0, 0.1) is 0 Å². The maximum absolute atomic E-state index is 11.8. The van der Waals surface area contributed by atoms with Crippen LogP contribution in [-0.2, 0) is 16.4 Å². The maximum atomic E-state index is 11.8. The van der Waals surface area contributed by atoms with E-state index in [-0.39, 0.29) is 11.8 Å². The summed E-state index contributed by atoms with van der Waals surface area (Å²) in [7, 11) is -3.13. The summed E-state index contributed by atoms with van der Waals surface area (Å²) in [6.45, 7) is 1.46. The molecule has 1 fully saturated rings. The first-order valence-electron chi connectivity index (χ1n) is 6.90. The van der Waals surface area contributed by atoms with Gasteiger partial charge in [0, 0.05) is 12.6 Å². The molecule has 1 heterocycles. The Bertz CT molecular complexity index is 467. The fourth-order valence-corrected chi connectivity index (χ4v) is 3.78. The van der Waals surface area contributed by atoms with E-state index >= 15 is 0 Å². The van der Waals surface area contributed by atoms with E-state index in [2.05, 4.69) is 22.2 Å². The Balaban J connectivity index is 1.66. The molecule has 0 aromatic heterocycles. The molecule has 1 atom stereocenters. The Kier molecular flexibility index (Phi) is 5.36. The number of benzene rings is 1. The van der Waals surface area contributed by atoms with Crippen molar-refractivity contribution in [3.05, 3.63) is 35.9 Å². The molecule has 0 radical (unpaired) electrons. The normalized spacial score (nSPS) is 19.7. The number of aryl methyl sites for hydroxylation is 1. The van der Waals surface area contributed by atoms with E-state index in [1.807, 2.05) is 18.2 Å². The summed E-state index contributed by atoms with van der Waals surface area (Å²) in [6.07, 6.45) is 3.78. The van der Waals surface area contributed by atoms with Crippen LogP contribution in [0.4, 0.5) is 0 Å². The van der Waals surface area contributed by atoms with Crippen LogP contribution in [0.2, 0.25) is 0 Å². The molecule has 0 spiro atoms. The van der Waals surface area contributed by atoms with Gasteiger partial charge in [0.05, 0.1) is 5.75 Å². The molecule has 5 heteroatoms. The van der Waals surface area contributed by atoms with Crippen LogP contribution in [0.25, 0.3) is 0 Å². The third-order valence-electron chi connectivity index (χ3n) is 3.39. The predicted octanol–water partition coefficient (Wildman–Crippen LogP) is 1.29. The lowest BCUT2D eigenvalue weighted by Gasteiger charge is -2.11. The third-order valence-corrected chi connectivity index (χ3v) is 4.88. The molecule has 1 aromatic carbocycles. The van der Waals surface area contributed by atoms with Crippen LogP contribution in [0.1, 0.15) is 24.8 Å². The average Bonchev–Trinajstić information content (AvgIpc) is 2.88. The van der Waals surface area contributed by atoms with Gasteiger partial charge in [-0.05, 0) is 37.8 Å². The zero-order valence-electron chi connectivity index (χ0n) is 11.1. The molecular weight excluding hydrogens is 260 g/mol. The number of hydrogen-bond acceptors (Lipinski definition) is 3. The molecule has 106 valence electrons. The second kappa shape index (κ2) is 7.03. The minimum Gasteiger partial charge on any atom is -0.313 e. The third kappa shape index (κ3) is 5.30. The van der Waals surface area contributed by atoms with Gasteiger partial charge in [-0.25, -0.2) is 13.1 Å². The van der Waals surface area contributed by atoms with Gasteiger partial charge in [-0.1, -0.05) is 30.3 Å². The molecule has 0 aliphatic carbocycles. The largest absolute Gasteiger partial charge is 0.313 e. The molecule has 2 N–H and O–H groups in total. The van der Waals surface area contributed by atoms with E-state index in [0.717, 1.165) is 32.2 Å². The van der Waals surface area contributed by atoms with Crippen molar-refractivity contribution in [2.75, 3.05) is 18.8 Å². The molecule has 0 amide bonds. The molecule has 2 rings (SSSR count). The van der Waals surface area contributed by atoms with Crippen LogP contribution in [0.3, 0.4) is 0 Å². The molecule has 1 saturated heterocycles. The Morgan fingerprint density at radius 2 is 2.05 bits per heavy atom. The van der Waals surface area contributed by atoms with E-state index in [4.69, 9.17) is 0 Å². The van der Waals surface area contributed by atoms with Crippen LogP contribution < -0.4 is 10.0 Å². The highest BCUT2D eigenvalue weighted by molar-refractivity contribution is 7.89. The van der Waals surface area contributed by atoms with E-state index in [1.54, 1.807) is 0 Å². The molecule has 1 aliphatic heterocycles. The molecular formula is C14H22N2O2S. The number of nitrogens with one attached hydrogen (secondary N) is 2. The van der Waals surface area contributed by atoms with Gasteiger partial charge in [0.15, 0.2) is 0 Å². The summed E-state index contributed by atoms with van der Waals surface area (Å²) in [5.74, 6) is 0.207. The number of hydrogen-bond donors (Lipinski definition) is 2. The predicted molar refractivity (Wildman–Crippen MR) is 77.6 cm³/mol. The topological polar surface area (TPSA) is 58.2 Å². The van der Waals surface area contributed by atoms with Crippen LogP contribution in [-0.4, -0.2) is 33.3 Å². The zero-order valence-corrected chi connectivity index (χ0v) is 12.0. The average molecular weight is 282 g/mol. The molecule has 4 nitrogen and oxygen atoms in total. The quantitative estimate of drug-likeness (QED) is 0.741. The first-order valence-corrected chi connectivity index (χ1v) is 8.55. The van der Waals surface area contributed by atoms with Gasteiger partial charge in [0.25, 0.3) is 0 Å². The lowest BCUT2D eigenvalue weighted by atomic mass is 10.1. The summed E-state index contributed by atoms with van der Waals surface area (Å²) in [5, 5.41) is 3.21. The summed E-state index contributed by atoms with van der Waals surface area (Å²) in [6, 6.07) is 10.3. The minimum atomic E-state index is -3.13. The summed E-state index contributed by atoms with van der Waals surface area (Å²) in [5.41, 5.74) is 1.25. The molecule has 0 bridgehead atoms. The van der Waals surface area contributed by atoms with Crippen molar-refractivity contribution in [2.24, 2.45) is 0 Å². The molecule has 1 unspecified atom stereocenters. The molecule has 0 saturated carbocycles. The number of sulfonamides is 1. The lowest BCUT2D eigenvalue weighted by Crippen LogP contribution is -2.37. The van der Waals surface area contributed by atoms with Gasteiger partial charge in [0.2, 0.25) is 10.0 Å². The Labute approximate surface area is 115 Å². The summed E-state index contributed by atoms with van der Waals surface area (Å²) in [4.78, 5) is 0. The fourth-order valence-electron chi connectivity index (χ4n) is 2.39. The van der Waals surface area contributed by atoms with Crippen molar-refractivity contribution >= 4 is 10.0 Å². The van der Waals surface area contributed by atoms with Gasteiger partial charge in [0.1, 0.15) is 0 Å². The van der Waals surface area contributed by atoms with Gasteiger partial charge in [-0.2, -0.15) is 0 Å². The van der Waals surface area contributed by atoms with Gasteiger partial charge in [-0.3, -0.25) is 0 Å². The van der Waals surface area contributed by atoms with E-state index in [1.165, 1.54) is 5.56 Å².